The van der Waals surface area contributed by atoms with Crippen LogP contribution in [0.5, 0.6) is 0 Å². The van der Waals surface area contributed by atoms with Crippen LogP contribution in [-0.2, 0) is 9.59 Å². The number of rotatable bonds is 6. The second-order valence-electron chi connectivity index (χ2n) is 3.13. The Kier molecular flexibility index (Phi) is 4.73. The van der Waals surface area contributed by atoms with E-state index < -0.39 is 0 Å². The topological polar surface area (TPSA) is 37.4 Å². The van der Waals surface area contributed by atoms with Crippen LogP contribution in [-0.4, -0.2) is 34.8 Å². The molecule has 1 aliphatic rings. The molecule has 1 heterocycles. The smallest absolute Gasteiger partial charge is 0.253 e. The molecule has 14 heavy (non-hydrogen) atoms. The summed E-state index contributed by atoms with van der Waals surface area (Å²) in [7, 11) is 0. The third-order valence-electron chi connectivity index (χ3n) is 2.00. The third-order valence-corrected chi connectivity index (χ3v) is 3.05. The lowest BCUT2D eigenvalue weighted by molar-refractivity contribution is -0.136. The molecule has 1 rings (SSSR count). The monoisotopic (exact) mass is 213 g/mol. The summed E-state index contributed by atoms with van der Waals surface area (Å²) in [6.07, 6.45) is 5.05. The second kappa shape index (κ2) is 5.86. The van der Waals surface area contributed by atoms with E-state index >= 15 is 0 Å². The van der Waals surface area contributed by atoms with Crippen molar-refractivity contribution in [2.24, 2.45) is 0 Å². The van der Waals surface area contributed by atoms with E-state index in [1.807, 2.05) is 0 Å². The van der Waals surface area contributed by atoms with Gasteiger partial charge < -0.3 is 0 Å². The van der Waals surface area contributed by atoms with Crippen molar-refractivity contribution < 1.29 is 9.59 Å². The molecule has 1 aliphatic heterocycles. The number of unbranched alkanes of at least 4 members (excludes halogenated alkanes) is 1. The van der Waals surface area contributed by atoms with Crippen LogP contribution in [0, 0.1) is 0 Å². The van der Waals surface area contributed by atoms with Crippen molar-refractivity contribution in [1.29, 1.82) is 0 Å². The van der Waals surface area contributed by atoms with Crippen molar-refractivity contribution in [2.75, 3.05) is 18.1 Å². The molecular weight excluding hydrogens is 198 g/mol. The van der Waals surface area contributed by atoms with Crippen molar-refractivity contribution in [2.45, 2.75) is 19.8 Å². The first-order valence-electron chi connectivity index (χ1n) is 4.87. The van der Waals surface area contributed by atoms with Gasteiger partial charge in [0, 0.05) is 24.4 Å². The SMILES string of the molecule is CCCCSCCN1C(=O)C=CC1=O. The highest BCUT2D eigenvalue weighted by molar-refractivity contribution is 7.99. The third kappa shape index (κ3) is 3.18. The first-order valence-corrected chi connectivity index (χ1v) is 6.02. The summed E-state index contributed by atoms with van der Waals surface area (Å²) in [6, 6.07) is 0. The fraction of sp³-hybridized carbons (Fsp3) is 0.600. The molecule has 0 radical (unpaired) electrons. The second-order valence-corrected chi connectivity index (χ2v) is 4.35. The number of carbonyl (C=O) groups excluding carboxylic acids is 2. The predicted molar refractivity (Wildman–Crippen MR) is 58.1 cm³/mol. The van der Waals surface area contributed by atoms with E-state index in [4.69, 9.17) is 0 Å². The summed E-state index contributed by atoms with van der Waals surface area (Å²) < 4.78 is 0. The maximum Gasteiger partial charge on any atom is 0.253 e. The largest absolute Gasteiger partial charge is 0.275 e. The zero-order valence-corrected chi connectivity index (χ0v) is 9.18. The Hall–Kier alpha value is -0.770. The van der Waals surface area contributed by atoms with Gasteiger partial charge in [0.2, 0.25) is 0 Å². The zero-order chi connectivity index (χ0) is 10.4. The lowest BCUT2D eigenvalue weighted by Gasteiger charge is -2.12. The van der Waals surface area contributed by atoms with E-state index in [-0.39, 0.29) is 11.8 Å². The van der Waals surface area contributed by atoms with Gasteiger partial charge in [-0.05, 0) is 12.2 Å². The molecular formula is C10H15NO2S. The average molecular weight is 213 g/mol. The number of amides is 2. The molecule has 0 unspecified atom stereocenters. The minimum absolute atomic E-state index is 0.175. The molecule has 0 saturated carbocycles. The quantitative estimate of drug-likeness (QED) is 0.495. The van der Waals surface area contributed by atoms with Gasteiger partial charge in [0.25, 0.3) is 11.8 Å². The van der Waals surface area contributed by atoms with E-state index in [1.54, 1.807) is 11.8 Å². The number of hydrogen-bond donors (Lipinski definition) is 0. The van der Waals surface area contributed by atoms with E-state index in [0.717, 1.165) is 11.5 Å². The van der Waals surface area contributed by atoms with Gasteiger partial charge in [0.05, 0.1) is 0 Å². The van der Waals surface area contributed by atoms with Gasteiger partial charge in [0.1, 0.15) is 0 Å². The first kappa shape index (κ1) is 11.3. The van der Waals surface area contributed by atoms with E-state index in [2.05, 4.69) is 6.92 Å². The summed E-state index contributed by atoms with van der Waals surface area (Å²) in [5.41, 5.74) is 0. The van der Waals surface area contributed by atoms with Gasteiger partial charge >= 0.3 is 0 Å². The van der Waals surface area contributed by atoms with Crippen LogP contribution in [0.4, 0.5) is 0 Å². The summed E-state index contributed by atoms with van der Waals surface area (Å²) >= 11 is 1.79. The van der Waals surface area contributed by atoms with Crippen LogP contribution in [0.2, 0.25) is 0 Å². The molecule has 2 amide bonds. The van der Waals surface area contributed by atoms with Gasteiger partial charge in [-0.15, -0.1) is 0 Å². The molecule has 0 N–H and O–H groups in total. The van der Waals surface area contributed by atoms with Crippen molar-refractivity contribution >= 4 is 23.6 Å². The maximum atomic E-state index is 11.1. The van der Waals surface area contributed by atoms with E-state index in [1.165, 1.54) is 29.9 Å². The van der Waals surface area contributed by atoms with Crippen molar-refractivity contribution in [3.05, 3.63) is 12.2 Å². The highest BCUT2D eigenvalue weighted by Crippen LogP contribution is 2.08. The fourth-order valence-electron chi connectivity index (χ4n) is 1.16. The van der Waals surface area contributed by atoms with Crippen LogP contribution in [0.15, 0.2) is 12.2 Å². The van der Waals surface area contributed by atoms with E-state index in [0.29, 0.717) is 6.54 Å². The Bertz CT molecular complexity index is 233. The molecule has 0 saturated heterocycles. The number of carbonyl (C=O) groups is 2. The van der Waals surface area contributed by atoms with Crippen LogP contribution in [0.25, 0.3) is 0 Å². The predicted octanol–water partition coefficient (Wildman–Crippen LogP) is 1.44. The molecule has 0 atom stereocenters. The molecule has 78 valence electrons. The van der Waals surface area contributed by atoms with Crippen LogP contribution >= 0.6 is 11.8 Å². The molecule has 3 nitrogen and oxygen atoms in total. The average Bonchev–Trinajstić information content (AvgIpc) is 2.48. The van der Waals surface area contributed by atoms with Gasteiger partial charge in [0.15, 0.2) is 0 Å². The molecule has 4 heteroatoms. The summed E-state index contributed by atoms with van der Waals surface area (Å²) in [4.78, 5) is 23.5. The molecule has 0 aromatic carbocycles. The lowest BCUT2D eigenvalue weighted by Crippen LogP contribution is -2.32. The summed E-state index contributed by atoms with van der Waals surface area (Å²) in [5, 5.41) is 0. The Morgan fingerprint density at radius 3 is 2.43 bits per heavy atom. The van der Waals surface area contributed by atoms with Crippen LogP contribution in [0.3, 0.4) is 0 Å². The van der Waals surface area contributed by atoms with Crippen molar-refractivity contribution in [3.8, 4) is 0 Å². The molecule has 0 aromatic heterocycles. The van der Waals surface area contributed by atoms with Crippen LogP contribution in [0.1, 0.15) is 19.8 Å². The van der Waals surface area contributed by atoms with Crippen LogP contribution < -0.4 is 0 Å². The number of nitrogens with zero attached hydrogens (tertiary/aromatic N) is 1. The highest BCUT2D eigenvalue weighted by Gasteiger charge is 2.22. The Morgan fingerprint density at radius 2 is 1.86 bits per heavy atom. The summed E-state index contributed by atoms with van der Waals surface area (Å²) in [5.74, 6) is 1.61. The zero-order valence-electron chi connectivity index (χ0n) is 8.36. The minimum atomic E-state index is -0.175. The summed E-state index contributed by atoms with van der Waals surface area (Å²) in [6.45, 7) is 2.69. The first-order chi connectivity index (χ1) is 6.75. The number of thioether (sulfide) groups is 1. The highest BCUT2D eigenvalue weighted by atomic mass is 32.2. The Morgan fingerprint density at radius 1 is 1.21 bits per heavy atom. The fourth-order valence-corrected chi connectivity index (χ4v) is 2.16. The van der Waals surface area contributed by atoms with Gasteiger partial charge in [-0.2, -0.15) is 11.8 Å². The van der Waals surface area contributed by atoms with Crippen molar-refractivity contribution in [1.82, 2.24) is 4.90 Å². The number of hydrogen-bond acceptors (Lipinski definition) is 3. The minimum Gasteiger partial charge on any atom is -0.275 e. The molecule has 0 spiro atoms. The Balaban J connectivity index is 2.13. The van der Waals surface area contributed by atoms with Gasteiger partial charge in [-0.1, -0.05) is 13.3 Å². The normalized spacial score (nSPS) is 15.6. The molecule has 0 aromatic rings. The van der Waals surface area contributed by atoms with Gasteiger partial charge in [-0.3, -0.25) is 14.5 Å². The molecule has 0 aliphatic carbocycles. The maximum absolute atomic E-state index is 11.1. The molecule has 0 bridgehead atoms. The van der Waals surface area contributed by atoms with E-state index in [9.17, 15) is 9.59 Å². The van der Waals surface area contributed by atoms with Crippen molar-refractivity contribution in [3.63, 3.8) is 0 Å². The Labute approximate surface area is 88.5 Å². The number of imide groups is 1. The van der Waals surface area contributed by atoms with Gasteiger partial charge in [-0.25, -0.2) is 0 Å². The standard InChI is InChI=1S/C10H15NO2S/c1-2-3-7-14-8-6-11-9(12)4-5-10(11)13/h4-5H,2-3,6-8H2,1H3. The lowest BCUT2D eigenvalue weighted by atomic mass is 10.4. The molecule has 0 fully saturated rings.